The molecule has 1 aliphatic rings. The molecular formula is C12H14F3N3O2. The zero-order valence-corrected chi connectivity index (χ0v) is 10.7. The van der Waals surface area contributed by atoms with Crippen molar-refractivity contribution in [1.82, 2.24) is 10.2 Å². The summed E-state index contributed by atoms with van der Waals surface area (Å²) in [6.45, 7) is 1.62. The minimum absolute atomic E-state index is 0.150. The standard InChI is InChI=1S/C12H14F3N3O2/c1-11(10(19)20)6-2-3-7(11)16-9-5-4-8(17-18-9)12(13,14)15/h4-5,7H,2-3,6H2,1H3,(H,16,18)(H,19,20). The van der Waals surface area contributed by atoms with Crippen LogP contribution >= 0.6 is 0 Å². The van der Waals surface area contributed by atoms with E-state index in [1.54, 1.807) is 6.92 Å². The van der Waals surface area contributed by atoms with Crippen LogP contribution in [0.4, 0.5) is 19.0 Å². The molecule has 0 bridgehead atoms. The Morgan fingerprint density at radius 1 is 1.45 bits per heavy atom. The zero-order chi connectivity index (χ0) is 15.0. The average molecular weight is 289 g/mol. The number of nitrogens with one attached hydrogen (secondary N) is 1. The number of alkyl halides is 3. The molecule has 0 saturated heterocycles. The first-order valence-electron chi connectivity index (χ1n) is 6.14. The Labute approximate surface area is 113 Å². The van der Waals surface area contributed by atoms with E-state index in [-0.39, 0.29) is 11.9 Å². The van der Waals surface area contributed by atoms with Gasteiger partial charge >= 0.3 is 12.1 Å². The maximum absolute atomic E-state index is 12.4. The normalized spacial score (nSPS) is 26.5. The van der Waals surface area contributed by atoms with Crippen molar-refractivity contribution in [2.24, 2.45) is 5.41 Å². The van der Waals surface area contributed by atoms with Gasteiger partial charge in [0.05, 0.1) is 5.41 Å². The number of carboxylic acid groups (broad SMARTS) is 1. The molecule has 2 atom stereocenters. The molecule has 1 saturated carbocycles. The summed E-state index contributed by atoms with van der Waals surface area (Å²) in [5.74, 6) is -0.773. The van der Waals surface area contributed by atoms with E-state index in [1.165, 1.54) is 0 Å². The topological polar surface area (TPSA) is 75.1 Å². The summed E-state index contributed by atoms with van der Waals surface area (Å²) in [5, 5.41) is 18.7. The number of aliphatic carboxylic acids is 1. The van der Waals surface area contributed by atoms with Gasteiger partial charge in [0, 0.05) is 6.04 Å². The molecule has 1 aliphatic carbocycles. The highest BCUT2D eigenvalue weighted by Crippen LogP contribution is 2.39. The summed E-state index contributed by atoms with van der Waals surface area (Å²) in [6, 6.07) is 1.62. The summed E-state index contributed by atoms with van der Waals surface area (Å²) in [6.07, 6.45) is -2.64. The van der Waals surface area contributed by atoms with E-state index >= 15 is 0 Å². The second-order valence-corrected chi connectivity index (χ2v) is 5.11. The average Bonchev–Trinajstić information content (AvgIpc) is 2.72. The van der Waals surface area contributed by atoms with Crippen molar-refractivity contribution in [3.05, 3.63) is 17.8 Å². The predicted molar refractivity (Wildman–Crippen MR) is 64.0 cm³/mol. The monoisotopic (exact) mass is 289 g/mol. The third-order valence-electron chi connectivity index (χ3n) is 3.72. The van der Waals surface area contributed by atoms with Gasteiger partial charge in [0.25, 0.3) is 0 Å². The van der Waals surface area contributed by atoms with Gasteiger partial charge in [0.2, 0.25) is 0 Å². The maximum atomic E-state index is 12.4. The fourth-order valence-corrected chi connectivity index (χ4v) is 2.39. The minimum Gasteiger partial charge on any atom is -0.481 e. The molecule has 20 heavy (non-hydrogen) atoms. The second-order valence-electron chi connectivity index (χ2n) is 5.11. The smallest absolute Gasteiger partial charge is 0.435 e. The van der Waals surface area contributed by atoms with Gasteiger partial charge in [-0.15, -0.1) is 10.2 Å². The lowest BCUT2D eigenvalue weighted by atomic mass is 9.85. The Kier molecular flexibility index (Phi) is 3.58. The lowest BCUT2D eigenvalue weighted by Crippen LogP contribution is -2.40. The predicted octanol–water partition coefficient (Wildman–Crippen LogP) is 2.55. The Morgan fingerprint density at radius 3 is 2.65 bits per heavy atom. The number of carboxylic acids is 1. The molecule has 0 radical (unpaired) electrons. The third kappa shape index (κ3) is 2.68. The van der Waals surface area contributed by atoms with Crippen LogP contribution in [-0.4, -0.2) is 27.3 Å². The van der Waals surface area contributed by atoms with E-state index in [9.17, 15) is 23.1 Å². The Morgan fingerprint density at radius 2 is 2.15 bits per heavy atom. The van der Waals surface area contributed by atoms with Crippen LogP contribution in [0.25, 0.3) is 0 Å². The van der Waals surface area contributed by atoms with E-state index in [0.717, 1.165) is 18.6 Å². The zero-order valence-electron chi connectivity index (χ0n) is 10.7. The SMILES string of the molecule is CC1(C(=O)O)CCCC1Nc1ccc(C(F)(F)F)nn1. The number of hydrogen-bond acceptors (Lipinski definition) is 4. The fourth-order valence-electron chi connectivity index (χ4n) is 2.39. The summed E-state index contributed by atoms with van der Waals surface area (Å²) < 4.78 is 37.1. The highest BCUT2D eigenvalue weighted by molar-refractivity contribution is 5.76. The maximum Gasteiger partial charge on any atom is 0.435 e. The van der Waals surface area contributed by atoms with Crippen molar-refractivity contribution in [3.8, 4) is 0 Å². The molecule has 2 unspecified atom stereocenters. The van der Waals surface area contributed by atoms with E-state index in [1.807, 2.05) is 0 Å². The Balaban J connectivity index is 2.13. The molecule has 0 amide bonds. The molecule has 2 N–H and O–H groups in total. The number of halogens is 3. The molecule has 1 fully saturated rings. The quantitative estimate of drug-likeness (QED) is 0.894. The van der Waals surface area contributed by atoms with E-state index < -0.39 is 23.3 Å². The second kappa shape index (κ2) is 4.92. The summed E-state index contributed by atoms with van der Waals surface area (Å²) in [7, 11) is 0. The van der Waals surface area contributed by atoms with Crippen molar-refractivity contribution < 1.29 is 23.1 Å². The van der Waals surface area contributed by atoms with Crippen molar-refractivity contribution in [2.45, 2.75) is 38.4 Å². The molecule has 1 heterocycles. The number of hydrogen-bond donors (Lipinski definition) is 2. The first-order valence-corrected chi connectivity index (χ1v) is 6.14. The van der Waals surface area contributed by atoms with Crippen LogP contribution in [0.2, 0.25) is 0 Å². The molecule has 2 rings (SSSR count). The van der Waals surface area contributed by atoms with Gasteiger partial charge < -0.3 is 10.4 Å². The number of nitrogens with zero attached hydrogens (tertiary/aromatic N) is 2. The van der Waals surface area contributed by atoms with Crippen molar-refractivity contribution in [3.63, 3.8) is 0 Å². The van der Waals surface area contributed by atoms with Crippen LogP contribution in [0.3, 0.4) is 0 Å². The van der Waals surface area contributed by atoms with Gasteiger partial charge in [-0.3, -0.25) is 4.79 Å². The van der Waals surface area contributed by atoms with Crippen LogP contribution in [0, 0.1) is 5.41 Å². The summed E-state index contributed by atoms with van der Waals surface area (Å²) in [5.41, 5.74) is -2.01. The molecule has 8 heteroatoms. The number of carbonyl (C=O) groups is 1. The molecule has 1 aromatic heterocycles. The molecule has 0 spiro atoms. The fraction of sp³-hybridized carbons (Fsp3) is 0.583. The van der Waals surface area contributed by atoms with Gasteiger partial charge in [-0.25, -0.2) is 0 Å². The van der Waals surface area contributed by atoms with Crippen molar-refractivity contribution >= 4 is 11.8 Å². The first-order chi connectivity index (χ1) is 9.23. The highest BCUT2D eigenvalue weighted by Gasteiger charge is 2.45. The van der Waals surface area contributed by atoms with Gasteiger partial charge in [0.1, 0.15) is 5.82 Å². The molecule has 0 aromatic carbocycles. The van der Waals surface area contributed by atoms with Gasteiger partial charge in [-0.05, 0) is 31.9 Å². The molecule has 1 aromatic rings. The molecule has 0 aliphatic heterocycles. The van der Waals surface area contributed by atoms with E-state index in [4.69, 9.17) is 0 Å². The highest BCUT2D eigenvalue weighted by atomic mass is 19.4. The number of anilines is 1. The molecular weight excluding hydrogens is 275 g/mol. The number of rotatable bonds is 3. The van der Waals surface area contributed by atoms with Gasteiger partial charge in [-0.2, -0.15) is 13.2 Å². The molecule has 5 nitrogen and oxygen atoms in total. The van der Waals surface area contributed by atoms with E-state index in [2.05, 4.69) is 15.5 Å². The van der Waals surface area contributed by atoms with Crippen LogP contribution in [0.5, 0.6) is 0 Å². The lowest BCUT2D eigenvalue weighted by molar-refractivity contribution is -0.148. The molecule has 110 valence electrons. The number of aromatic nitrogens is 2. The van der Waals surface area contributed by atoms with Crippen LogP contribution < -0.4 is 5.32 Å². The van der Waals surface area contributed by atoms with Crippen molar-refractivity contribution in [1.29, 1.82) is 0 Å². The van der Waals surface area contributed by atoms with Gasteiger partial charge in [-0.1, -0.05) is 6.42 Å². The Bertz CT molecular complexity index is 504. The largest absolute Gasteiger partial charge is 0.481 e. The third-order valence-corrected chi connectivity index (χ3v) is 3.72. The summed E-state index contributed by atoms with van der Waals surface area (Å²) in [4.78, 5) is 11.3. The van der Waals surface area contributed by atoms with Gasteiger partial charge in [0.15, 0.2) is 5.69 Å². The van der Waals surface area contributed by atoms with Crippen LogP contribution in [-0.2, 0) is 11.0 Å². The van der Waals surface area contributed by atoms with Crippen LogP contribution in [0.1, 0.15) is 31.9 Å². The van der Waals surface area contributed by atoms with E-state index in [0.29, 0.717) is 12.8 Å². The lowest BCUT2D eigenvalue weighted by Gasteiger charge is -2.27. The Hall–Kier alpha value is -1.86. The first kappa shape index (κ1) is 14.5. The minimum atomic E-state index is -4.53. The van der Waals surface area contributed by atoms with Crippen LogP contribution in [0.15, 0.2) is 12.1 Å². The van der Waals surface area contributed by atoms with Crippen molar-refractivity contribution in [2.75, 3.05) is 5.32 Å². The summed E-state index contributed by atoms with van der Waals surface area (Å²) >= 11 is 0.